The van der Waals surface area contributed by atoms with Gasteiger partial charge in [0.1, 0.15) is 15.5 Å². The van der Waals surface area contributed by atoms with E-state index < -0.39 is 9.84 Å². The lowest BCUT2D eigenvalue weighted by Crippen LogP contribution is -2.27. The van der Waals surface area contributed by atoms with Crippen LogP contribution in [0.2, 0.25) is 0 Å². The minimum Gasteiger partial charge on any atom is -0.393 e. The van der Waals surface area contributed by atoms with Crippen molar-refractivity contribution in [1.29, 1.82) is 0 Å². The van der Waals surface area contributed by atoms with Crippen molar-refractivity contribution in [2.24, 2.45) is 0 Å². The van der Waals surface area contributed by atoms with Crippen LogP contribution >= 0.6 is 0 Å². The van der Waals surface area contributed by atoms with Crippen LogP contribution in [0.15, 0.2) is 4.79 Å². The molecule has 104 valence electrons. The maximum absolute atomic E-state index is 11.9. The quantitative estimate of drug-likeness (QED) is 0.752. The molecular formula is C10H19N3O4S. The van der Waals surface area contributed by atoms with Crippen molar-refractivity contribution in [1.82, 2.24) is 9.36 Å². The predicted octanol–water partition coefficient (Wildman–Crippen LogP) is -0.557. The standard InChI is InChI=1S/C10H19N3O4S/c1-4-12-8(7-17-2)9(11)10(14)13(12)5-6-18(3,15)16/h4-7,11H2,1-3H3. The van der Waals surface area contributed by atoms with E-state index in [-0.39, 0.29) is 30.2 Å². The highest BCUT2D eigenvalue weighted by atomic mass is 32.2. The smallest absolute Gasteiger partial charge is 0.290 e. The van der Waals surface area contributed by atoms with E-state index in [0.717, 1.165) is 6.26 Å². The normalized spacial score (nSPS) is 11.9. The molecular weight excluding hydrogens is 258 g/mol. The third kappa shape index (κ3) is 3.14. The number of nitrogens with two attached hydrogens (primary N) is 1. The lowest BCUT2D eigenvalue weighted by Gasteiger charge is -2.12. The van der Waals surface area contributed by atoms with Crippen LogP contribution in [0.25, 0.3) is 0 Å². The number of aromatic nitrogens is 2. The Labute approximate surface area is 106 Å². The lowest BCUT2D eigenvalue weighted by atomic mass is 10.4. The molecule has 0 fully saturated rings. The predicted molar refractivity (Wildman–Crippen MR) is 69.2 cm³/mol. The van der Waals surface area contributed by atoms with Gasteiger partial charge in [0.2, 0.25) is 0 Å². The summed E-state index contributed by atoms with van der Waals surface area (Å²) in [4.78, 5) is 11.9. The minimum atomic E-state index is -3.13. The number of methoxy groups -OCH3 is 1. The first-order valence-corrected chi connectivity index (χ1v) is 7.62. The molecule has 0 bridgehead atoms. The molecule has 0 amide bonds. The van der Waals surface area contributed by atoms with Gasteiger partial charge in [0.25, 0.3) is 5.56 Å². The van der Waals surface area contributed by atoms with Crippen LogP contribution in [0.5, 0.6) is 0 Å². The lowest BCUT2D eigenvalue weighted by molar-refractivity contribution is 0.175. The number of sulfone groups is 1. The monoisotopic (exact) mass is 277 g/mol. The van der Waals surface area contributed by atoms with Crippen molar-refractivity contribution in [3.63, 3.8) is 0 Å². The first-order valence-electron chi connectivity index (χ1n) is 5.56. The number of hydrogen-bond donors (Lipinski definition) is 1. The molecule has 0 saturated carbocycles. The van der Waals surface area contributed by atoms with Gasteiger partial charge in [-0.3, -0.25) is 9.48 Å². The Kier molecular flexibility index (Phi) is 4.58. The molecule has 0 unspecified atom stereocenters. The Balaban J connectivity index is 3.18. The first-order chi connectivity index (χ1) is 8.31. The van der Waals surface area contributed by atoms with Gasteiger partial charge in [-0.2, -0.15) is 0 Å². The Morgan fingerprint density at radius 2 is 1.94 bits per heavy atom. The van der Waals surface area contributed by atoms with E-state index in [1.165, 1.54) is 11.8 Å². The number of ether oxygens (including phenoxy) is 1. The van der Waals surface area contributed by atoms with Crippen LogP contribution in [0.4, 0.5) is 5.69 Å². The van der Waals surface area contributed by atoms with Crippen molar-refractivity contribution in [3.05, 3.63) is 16.0 Å². The summed E-state index contributed by atoms with van der Waals surface area (Å²) in [5, 5.41) is 0. The first kappa shape index (κ1) is 14.8. The van der Waals surface area contributed by atoms with Gasteiger partial charge in [-0.15, -0.1) is 0 Å². The van der Waals surface area contributed by atoms with Gasteiger partial charge in [0.05, 0.1) is 24.6 Å². The Hall–Kier alpha value is -1.28. The molecule has 1 heterocycles. The number of rotatable bonds is 6. The molecule has 0 aliphatic rings. The van der Waals surface area contributed by atoms with Gasteiger partial charge in [0, 0.05) is 19.9 Å². The Bertz CT molecular complexity index is 571. The second-order valence-electron chi connectivity index (χ2n) is 4.07. The minimum absolute atomic E-state index is 0.0945. The second-order valence-corrected chi connectivity index (χ2v) is 6.33. The van der Waals surface area contributed by atoms with E-state index in [1.807, 2.05) is 6.92 Å². The van der Waals surface area contributed by atoms with Crippen molar-refractivity contribution in [2.75, 3.05) is 24.9 Å². The van der Waals surface area contributed by atoms with Crippen LogP contribution < -0.4 is 11.3 Å². The zero-order valence-electron chi connectivity index (χ0n) is 10.8. The molecule has 18 heavy (non-hydrogen) atoms. The summed E-state index contributed by atoms with van der Waals surface area (Å²) in [7, 11) is -1.61. The Morgan fingerprint density at radius 3 is 2.39 bits per heavy atom. The zero-order valence-corrected chi connectivity index (χ0v) is 11.7. The van der Waals surface area contributed by atoms with Crippen molar-refractivity contribution in [2.45, 2.75) is 26.6 Å². The third-order valence-electron chi connectivity index (χ3n) is 2.63. The highest BCUT2D eigenvalue weighted by Crippen LogP contribution is 2.10. The van der Waals surface area contributed by atoms with Crippen LogP contribution in [0.1, 0.15) is 12.6 Å². The van der Waals surface area contributed by atoms with Crippen LogP contribution in [0, 0.1) is 0 Å². The summed E-state index contributed by atoms with van der Waals surface area (Å²) in [5.74, 6) is -0.0945. The van der Waals surface area contributed by atoms with E-state index in [1.54, 1.807) is 4.68 Å². The number of nitrogens with zero attached hydrogens (tertiary/aromatic N) is 2. The second kappa shape index (κ2) is 5.57. The zero-order chi connectivity index (χ0) is 13.9. The molecule has 0 saturated heterocycles. The summed E-state index contributed by atoms with van der Waals surface area (Å²) >= 11 is 0. The molecule has 2 N–H and O–H groups in total. The molecule has 8 heteroatoms. The summed E-state index contributed by atoms with van der Waals surface area (Å²) < 4.78 is 30.3. The average molecular weight is 277 g/mol. The van der Waals surface area contributed by atoms with Crippen LogP contribution in [-0.4, -0.2) is 36.9 Å². The van der Waals surface area contributed by atoms with E-state index in [9.17, 15) is 13.2 Å². The Morgan fingerprint density at radius 1 is 1.33 bits per heavy atom. The van der Waals surface area contributed by atoms with Crippen molar-refractivity contribution < 1.29 is 13.2 Å². The summed E-state index contributed by atoms with van der Waals surface area (Å²) in [5.41, 5.74) is 6.05. The van der Waals surface area contributed by atoms with Gasteiger partial charge in [-0.25, -0.2) is 13.1 Å². The SMILES string of the molecule is CCn1c(COC)c(N)c(=O)n1CCS(C)(=O)=O. The molecule has 0 atom stereocenters. The molecule has 7 nitrogen and oxygen atoms in total. The molecule has 0 radical (unpaired) electrons. The van der Waals surface area contributed by atoms with E-state index >= 15 is 0 Å². The van der Waals surface area contributed by atoms with Gasteiger partial charge in [0.15, 0.2) is 0 Å². The van der Waals surface area contributed by atoms with Gasteiger partial charge >= 0.3 is 0 Å². The maximum atomic E-state index is 11.9. The van der Waals surface area contributed by atoms with E-state index in [0.29, 0.717) is 12.2 Å². The van der Waals surface area contributed by atoms with E-state index in [2.05, 4.69) is 0 Å². The van der Waals surface area contributed by atoms with E-state index in [4.69, 9.17) is 10.5 Å². The fraction of sp³-hybridized carbons (Fsp3) is 0.700. The highest BCUT2D eigenvalue weighted by Gasteiger charge is 2.17. The largest absolute Gasteiger partial charge is 0.393 e. The number of nitrogen functional groups attached to an aromatic ring is 1. The molecule has 0 aromatic carbocycles. The number of anilines is 1. The molecule has 1 rings (SSSR count). The van der Waals surface area contributed by atoms with Gasteiger partial charge < -0.3 is 10.5 Å². The summed E-state index contributed by atoms with van der Waals surface area (Å²) in [6.45, 7) is 2.70. The van der Waals surface area contributed by atoms with Crippen LogP contribution in [-0.2, 0) is 34.3 Å². The van der Waals surface area contributed by atoms with Crippen molar-refractivity contribution in [3.8, 4) is 0 Å². The number of hydrogen-bond acceptors (Lipinski definition) is 5. The average Bonchev–Trinajstić information content (AvgIpc) is 2.50. The summed E-state index contributed by atoms with van der Waals surface area (Å²) in [6.07, 6.45) is 1.14. The summed E-state index contributed by atoms with van der Waals surface area (Å²) in [6, 6.07) is 0. The maximum Gasteiger partial charge on any atom is 0.290 e. The topological polar surface area (TPSA) is 96.3 Å². The molecule has 1 aromatic heterocycles. The van der Waals surface area contributed by atoms with Crippen molar-refractivity contribution >= 4 is 15.5 Å². The van der Waals surface area contributed by atoms with Crippen LogP contribution in [0.3, 0.4) is 0 Å². The van der Waals surface area contributed by atoms with Gasteiger partial charge in [-0.1, -0.05) is 0 Å². The molecule has 0 aliphatic heterocycles. The third-order valence-corrected chi connectivity index (χ3v) is 3.56. The molecule has 0 aliphatic carbocycles. The molecule has 0 spiro atoms. The fourth-order valence-electron chi connectivity index (χ4n) is 1.78. The molecule has 1 aromatic rings. The fourth-order valence-corrected chi connectivity index (χ4v) is 2.29. The highest BCUT2D eigenvalue weighted by molar-refractivity contribution is 7.90. The van der Waals surface area contributed by atoms with Gasteiger partial charge in [-0.05, 0) is 6.92 Å².